The number of sulfonamides is 1. The highest BCUT2D eigenvalue weighted by atomic mass is 32.2. The van der Waals surface area contributed by atoms with E-state index in [0.29, 0.717) is 18.0 Å². The van der Waals surface area contributed by atoms with Crippen LogP contribution in [0.3, 0.4) is 0 Å². The van der Waals surface area contributed by atoms with E-state index in [2.05, 4.69) is 4.72 Å². The van der Waals surface area contributed by atoms with Gasteiger partial charge >= 0.3 is 0 Å². The summed E-state index contributed by atoms with van der Waals surface area (Å²) >= 11 is 0. The number of hydrogen-bond acceptors (Lipinski definition) is 5. The number of nitrogens with zero attached hydrogens (tertiary/aromatic N) is 1. The molecule has 0 aliphatic heterocycles. The van der Waals surface area contributed by atoms with E-state index in [9.17, 15) is 18.5 Å². The number of aryl methyl sites for hydroxylation is 1. The van der Waals surface area contributed by atoms with E-state index < -0.39 is 14.9 Å². The third kappa shape index (κ3) is 3.98. The van der Waals surface area contributed by atoms with Gasteiger partial charge < -0.3 is 4.74 Å². The van der Waals surface area contributed by atoms with Crippen LogP contribution >= 0.6 is 0 Å². The number of ether oxygens (including phenoxy) is 1. The maximum Gasteiger partial charge on any atom is 0.270 e. The van der Waals surface area contributed by atoms with Crippen molar-refractivity contribution in [3.05, 3.63) is 58.1 Å². The Morgan fingerprint density at radius 1 is 1.22 bits per heavy atom. The number of benzene rings is 2. The molecule has 0 unspecified atom stereocenters. The number of nitrogens with one attached hydrogen (secondary N) is 1. The van der Waals surface area contributed by atoms with Gasteiger partial charge in [-0.3, -0.25) is 14.8 Å². The Morgan fingerprint density at radius 3 is 2.57 bits per heavy atom. The van der Waals surface area contributed by atoms with Crippen LogP contribution < -0.4 is 9.46 Å². The van der Waals surface area contributed by atoms with Crippen LogP contribution in [-0.4, -0.2) is 19.9 Å². The summed E-state index contributed by atoms with van der Waals surface area (Å²) in [5, 5.41) is 10.8. The van der Waals surface area contributed by atoms with E-state index in [0.717, 1.165) is 11.6 Å². The predicted octanol–water partition coefficient (Wildman–Crippen LogP) is 3.10. The molecule has 0 atom stereocenters. The molecule has 0 saturated carbocycles. The molecule has 0 bridgehead atoms. The molecule has 0 heterocycles. The largest absolute Gasteiger partial charge is 0.494 e. The number of nitro groups is 1. The molecule has 2 aromatic rings. The fraction of sp³-hybridized carbons (Fsp3) is 0.200. The molecule has 0 aliphatic rings. The van der Waals surface area contributed by atoms with Crippen LogP contribution in [0.4, 0.5) is 11.4 Å². The third-order valence-corrected chi connectivity index (χ3v) is 4.44. The molecular weight excluding hydrogens is 320 g/mol. The highest BCUT2D eigenvalue weighted by molar-refractivity contribution is 7.92. The summed E-state index contributed by atoms with van der Waals surface area (Å²) in [5.41, 5.74) is 0.860. The summed E-state index contributed by atoms with van der Waals surface area (Å²) in [6.45, 7) is 4.17. The van der Waals surface area contributed by atoms with Crippen molar-refractivity contribution in [2.24, 2.45) is 0 Å². The quantitative estimate of drug-likeness (QED) is 0.645. The summed E-state index contributed by atoms with van der Waals surface area (Å²) in [6.07, 6.45) is 0. The number of non-ortho nitro benzene ring substituents is 1. The van der Waals surface area contributed by atoms with Gasteiger partial charge in [0, 0.05) is 17.8 Å². The van der Waals surface area contributed by atoms with Crippen molar-refractivity contribution in [2.75, 3.05) is 11.3 Å². The molecule has 8 heteroatoms. The van der Waals surface area contributed by atoms with Crippen molar-refractivity contribution in [1.82, 2.24) is 0 Å². The zero-order valence-corrected chi connectivity index (χ0v) is 13.5. The first-order valence-corrected chi connectivity index (χ1v) is 8.32. The number of hydrogen-bond donors (Lipinski definition) is 1. The Bertz CT molecular complexity index is 834. The van der Waals surface area contributed by atoms with Gasteiger partial charge in [0.1, 0.15) is 5.75 Å². The second-order valence-electron chi connectivity index (χ2n) is 4.77. The molecule has 122 valence electrons. The molecule has 0 saturated heterocycles. The van der Waals surface area contributed by atoms with Crippen LogP contribution in [0.1, 0.15) is 12.5 Å². The lowest BCUT2D eigenvalue weighted by molar-refractivity contribution is -0.385. The van der Waals surface area contributed by atoms with Crippen molar-refractivity contribution < 1.29 is 18.1 Å². The Hall–Kier alpha value is -2.61. The molecule has 0 aromatic heterocycles. The summed E-state index contributed by atoms with van der Waals surface area (Å²) < 4.78 is 32.5. The Kier molecular flexibility index (Phi) is 4.85. The second-order valence-corrected chi connectivity index (χ2v) is 6.46. The molecule has 2 rings (SSSR count). The van der Waals surface area contributed by atoms with Crippen LogP contribution in [0.5, 0.6) is 5.75 Å². The van der Waals surface area contributed by atoms with E-state index in [4.69, 9.17) is 4.74 Å². The van der Waals surface area contributed by atoms with Gasteiger partial charge in [-0.15, -0.1) is 0 Å². The van der Waals surface area contributed by atoms with Crippen LogP contribution in [0.15, 0.2) is 47.4 Å². The lowest BCUT2D eigenvalue weighted by Crippen LogP contribution is -2.13. The first-order valence-electron chi connectivity index (χ1n) is 6.84. The minimum atomic E-state index is -3.91. The summed E-state index contributed by atoms with van der Waals surface area (Å²) in [5.74, 6) is 0.672. The molecule has 0 spiro atoms. The normalized spacial score (nSPS) is 11.0. The van der Waals surface area contributed by atoms with Gasteiger partial charge in [0.2, 0.25) is 0 Å². The van der Waals surface area contributed by atoms with Crippen LogP contribution in [0.25, 0.3) is 0 Å². The molecule has 0 fully saturated rings. The van der Waals surface area contributed by atoms with E-state index in [1.165, 1.54) is 18.2 Å². The fourth-order valence-electron chi connectivity index (χ4n) is 2.01. The summed E-state index contributed by atoms with van der Waals surface area (Å²) in [4.78, 5) is 9.95. The average Bonchev–Trinajstić information content (AvgIpc) is 2.50. The highest BCUT2D eigenvalue weighted by Gasteiger charge is 2.18. The van der Waals surface area contributed by atoms with Gasteiger partial charge in [-0.2, -0.15) is 0 Å². The highest BCUT2D eigenvalue weighted by Crippen LogP contribution is 2.25. The number of rotatable bonds is 6. The minimum absolute atomic E-state index is 0.168. The SMILES string of the molecule is CCOc1ccc(NS(=O)(=O)c2cccc([N+](=O)[O-])c2)cc1C. The molecule has 0 aliphatic carbocycles. The Balaban J connectivity index is 2.29. The predicted molar refractivity (Wildman–Crippen MR) is 86.3 cm³/mol. The van der Waals surface area contributed by atoms with Crippen LogP contribution in [0.2, 0.25) is 0 Å². The Morgan fingerprint density at radius 2 is 1.96 bits per heavy atom. The van der Waals surface area contributed by atoms with Crippen molar-refractivity contribution >= 4 is 21.4 Å². The molecule has 0 amide bonds. The van der Waals surface area contributed by atoms with E-state index >= 15 is 0 Å². The van der Waals surface area contributed by atoms with Crippen molar-refractivity contribution in [2.45, 2.75) is 18.7 Å². The minimum Gasteiger partial charge on any atom is -0.494 e. The summed E-state index contributed by atoms with van der Waals surface area (Å²) in [7, 11) is -3.91. The first-order chi connectivity index (χ1) is 10.8. The van der Waals surface area contributed by atoms with E-state index in [1.807, 2.05) is 6.92 Å². The second kappa shape index (κ2) is 6.66. The molecule has 2 aromatic carbocycles. The van der Waals surface area contributed by atoms with Gasteiger partial charge in [-0.1, -0.05) is 6.07 Å². The monoisotopic (exact) mass is 336 g/mol. The third-order valence-electron chi connectivity index (χ3n) is 3.07. The van der Waals surface area contributed by atoms with Gasteiger partial charge in [0.05, 0.1) is 16.4 Å². The van der Waals surface area contributed by atoms with Crippen molar-refractivity contribution in [3.63, 3.8) is 0 Å². The molecule has 23 heavy (non-hydrogen) atoms. The van der Waals surface area contributed by atoms with Gasteiger partial charge in [-0.05, 0) is 43.7 Å². The zero-order valence-electron chi connectivity index (χ0n) is 12.6. The molecule has 1 N–H and O–H groups in total. The Labute approximate surface area is 134 Å². The lowest BCUT2D eigenvalue weighted by atomic mass is 10.2. The smallest absolute Gasteiger partial charge is 0.270 e. The van der Waals surface area contributed by atoms with Crippen molar-refractivity contribution in [1.29, 1.82) is 0 Å². The van der Waals surface area contributed by atoms with Gasteiger partial charge in [0.15, 0.2) is 0 Å². The van der Waals surface area contributed by atoms with E-state index in [-0.39, 0.29) is 10.6 Å². The average molecular weight is 336 g/mol. The fourth-order valence-corrected chi connectivity index (χ4v) is 3.10. The topological polar surface area (TPSA) is 98.5 Å². The van der Waals surface area contributed by atoms with Crippen LogP contribution in [-0.2, 0) is 10.0 Å². The standard InChI is InChI=1S/C15H16N2O5S/c1-3-22-15-8-7-12(9-11(15)2)16-23(20,21)14-6-4-5-13(10-14)17(18)19/h4-10,16H,3H2,1-2H3. The number of anilines is 1. The van der Waals surface area contributed by atoms with Gasteiger partial charge in [-0.25, -0.2) is 8.42 Å². The zero-order chi connectivity index (χ0) is 17.0. The van der Waals surface area contributed by atoms with E-state index in [1.54, 1.807) is 25.1 Å². The van der Waals surface area contributed by atoms with Crippen LogP contribution in [0, 0.1) is 17.0 Å². The van der Waals surface area contributed by atoms with Gasteiger partial charge in [0.25, 0.3) is 15.7 Å². The molecule has 7 nitrogen and oxygen atoms in total. The first kappa shape index (κ1) is 16.8. The maximum atomic E-state index is 12.3. The molecular formula is C15H16N2O5S. The molecule has 0 radical (unpaired) electrons. The maximum absolute atomic E-state index is 12.3. The number of nitro benzene ring substituents is 1. The summed E-state index contributed by atoms with van der Waals surface area (Å²) in [6, 6.07) is 9.77. The van der Waals surface area contributed by atoms with Crippen molar-refractivity contribution in [3.8, 4) is 5.75 Å². The lowest BCUT2D eigenvalue weighted by Gasteiger charge is -2.11.